The lowest BCUT2D eigenvalue weighted by molar-refractivity contribution is 0.0975. The monoisotopic (exact) mass is 337 g/mol. The number of carbonyl (C=O) groups is 1. The zero-order valence-corrected chi connectivity index (χ0v) is 13.6. The summed E-state index contributed by atoms with van der Waals surface area (Å²) in [4.78, 5) is 12.2. The molecule has 0 radical (unpaired) electrons. The summed E-state index contributed by atoms with van der Waals surface area (Å²) >= 11 is 0. The third-order valence-electron chi connectivity index (χ3n) is 3.82. The van der Waals surface area contributed by atoms with E-state index in [0.29, 0.717) is 29.7 Å². The molecular weight excluding hydrogens is 321 g/mol. The van der Waals surface area contributed by atoms with E-state index in [-0.39, 0.29) is 5.69 Å². The molecule has 122 valence electrons. The van der Waals surface area contributed by atoms with Crippen LogP contribution >= 0.6 is 0 Å². The molecule has 1 heterocycles. The van der Waals surface area contributed by atoms with Crippen LogP contribution in [-0.4, -0.2) is 30.4 Å². The van der Waals surface area contributed by atoms with Gasteiger partial charge in [0.15, 0.2) is 5.69 Å². The molecule has 0 fully saturated rings. The summed E-state index contributed by atoms with van der Waals surface area (Å²) < 4.78 is 40.1. The maximum atomic E-state index is 14.2. The van der Waals surface area contributed by atoms with Gasteiger partial charge in [0, 0.05) is 11.3 Å². The minimum atomic E-state index is -3.68. The molecule has 0 bridgehead atoms. The van der Waals surface area contributed by atoms with Gasteiger partial charge in [-0.15, -0.1) is 0 Å². The lowest BCUT2D eigenvalue weighted by Crippen LogP contribution is -2.30. The molecule has 1 aliphatic rings. The van der Waals surface area contributed by atoms with E-state index in [0.717, 1.165) is 18.4 Å². The fourth-order valence-corrected chi connectivity index (χ4v) is 3.35. The molecular formula is C15H16FN3O3S. The summed E-state index contributed by atoms with van der Waals surface area (Å²) in [5.74, 6) is -1.21. The van der Waals surface area contributed by atoms with Crippen LogP contribution in [0.25, 0.3) is 5.69 Å². The van der Waals surface area contributed by atoms with Crippen molar-refractivity contribution in [1.29, 1.82) is 0 Å². The number of amides is 1. The second-order valence-electron chi connectivity index (χ2n) is 5.65. The van der Waals surface area contributed by atoms with E-state index < -0.39 is 21.7 Å². The molecule has 1 aliphatic carbocycles. The van der Waals surface area contributed by atoms with Gasteiger partial charge in [0.25, 0.3) is 5.91 Å². The fourth-order valence-electron chi connectivity index (χ4n) is 2.91. The standard InChI is InChI=1S/C15H16FN3O3S/c1-9-5-3-7-11(16)14(9)19-12-8-4-6-10(12)13(17-19)15(20)18-23(2,21)22/h3,5,7H,4,6,8H2,1-2H3,(H,18,20). The molecule has 0 atom stereocenters. The Labute approximate surface area is 133 Å². The Morgan fingerprint density at radius 1 is 1.35 bits per heavy atom. The van der Waals surface area contributed by atoms with Gasteiger partial charge in [0.1, 0.15) is 11.5 Å². The van der Waals surface area contributed by atoms with E-state index in [1.54, 1.807) is 19.1 Å². The summed E-state index contributed by atoms with van der Waals surface area (Å²) in [6.45, 7) is 1.76. The van der Waals surface area contributed by atoms with Crippen LogP contribution in [0.3, 0.4) is 0 Å². The van der Waals surface area contributed by atoms with Crippen molar-refractivity contribution >= 4 is 15.9 Å². The Morgan fingerprint density at radius 2 is 2.09 bits per heavy atom. The first kappa shape index (κ1) is 15.7. The highest BCUT2D eigenvalue weighted by Crippen LogP contribution is 2.29. The van der Waals surface area contributed by atoms with Gasteiger partial charge >= 0.3 is 0 Å². The highest BCUT2D eigenvalue weighted by molar-refractivity contribution is 7.89. The predicted molar refractivity (Wildman–Crippen MR) is 82.6 cm³/mol. The van der Waals surface area contributed by atoms with E-state index in [1.807, 2.05) is 4.72 Å². The lowest BCUT2D eigenvalue weighted by atomic mass is 10.1. The number of rotatable bonds is 3. The first-order chi connectivity index (χ1) is 10.8. The molecule has 0 unspecified atom stereocenters. The van der Waals surface area contributed by atoms with Gasteiger partial charge in [-0.2, -0.15) is 5.10 Å². The van der Waals surface area contributed by atoms with E-state index in [1.165, 1.54) is 10.7 Å². The number of sulfonamides is 1. The van der Waals surface area contributed by atoms with Crippen LogP contribution in [0, 0.1) is 12.7 Å². The number of hydrogen-bond acceptors (Lipinski definition) is 4. The second kappa shape index (κ2) is 5.45. The Balaban J connectivity index is 2.15. The quantitative estimate of drug-likeness (QED) is 0.920. The molecule has 3 rings (SSSR count). The van der Waals surface area contributed by atoms with Crippen LogP contribution in [0.1, 0.15) is 33.7 Å². The van der Waals surface area contributed by atoms with Gasteiger partial charge in [-0.05, 0) is 37.8 Å². The molecule has 1 aromatic carbocycles. The van der Waals surface area contributed by atoms with Gasteiger partial charge < -0.3 is 0 Å². The Morgan fingerprint density at radius 3 is 2.74 bits per heavy atom. The molecule has 23 heavy (non-hydrogen) atoms. The smallest absolute Gasteiger partial charge is 0.266 e. The average Bonchev–Trinajstić information content (AvgIpc) is 2.99. The average molecular weight is 337 g/mol. The largest absolute Gasteiger partial charge is 0.285 e. The normalized spacial score (nSPS) is 13.9. The first-order valence-corrected chi connectivity index (χ1v) is 9.05. The third-order valence-corrected chi connectivity index (χ3v) is 4.38. The van der Waals surface area contributed by atoms with Gasteiger partial charge in [-0.1, -0.05) is 12.1 Å². The van der Waals surface area contributed by atoms with Gasteiger partial charge in [-0.25, -0.2) is 22.2 Å². The Hall–Kier alpha value is -2.22. The molecule has 0 aliphatic heterocycles. The highest BCUT2D eigenvalue weighted by Gasteiger charge is 2.29. The van der Waals surface area contributed by atoms with Gasteiger partial charge in [0.2, 0.25) is 10.0 Å². The fraction of sp³-hybridized carbons (Fsp3) is 0.333. The topological polar surface area (TPSA) is 81.1 Å². The molecule has 8 heteroatoms. The zero-order chi connectivity index (χ0) is 16.8. The minimum Gasteiger partial charge on any atom is -0.266 e. The van der Waals surface area contributed by atoms with Crippen molar-refractivity contribution < 1.29 is 17.6 Å². The van der Waals surface area contributed by atoms with Crippen molar-refractivity contribution in [2.24, 2.45) is 0 Å². The van der Waals surface area contributed by atoms with Crippen molar-refractivity contribution in [2.45, 2.75) is 26.2 Å². The highest BCUT2D eigenvalue weighted by atomic mass is 32.2. The van der Waals surface area contributed by atoms with E-state index in [4.69, 9.17) is 0 Å². The molecule has 2 aromatic rings. The molecule has 0 spiro atoms. The zero-order valence-electron chi connectivity index (χ0n) is 12.8. The number of nitrogens with one attached hydrogen (secondary N) is 1. The summed E-state index contributed by atoms with van der Waals surface area (Å²) in [5, 5.41) is 4.21. The number of benzene rings is 1. The SMILES string of the molecule is Cc1cccc(F)c1-n1nc(C(=O)NS(C)(=O)=O)c2c1CCC2. The van der Waals surface area contributed by atoms with Crippen molar-refractivity contribution in [3.63, 3.8) is 0 Å². The number of carbonyl (C=O) groups excluding carboxylic acids is 1. The van der Waals surface area contributed by atoms with Crippen LogP contribution < -0.4 is 4.72 Å². The number of fused-ring (bicyclic) bond motifs is 1. The number of hydrogen-bond donors (Lipinski definition) is 1. The lowest BCUT2D eigenvalue weighted by Gasteiger charge is -2.10. The molecule has 1 amide bonds. The summed E-state index contributed by atoms with van der Waals surface area (Å²) in [5.41, 5.74) is 2.48. The van der Waals surface area contributed by atoms with E-state index in [9.17, 15) is 17.6 Å². The molecule has 0 saturated carbocycles. The van der Waals surface area contributed by atoms with E-state index in [2.05, 4.69) is 5.10 Å². The van der Waals surface area contributed by atoms with Crippen LogP contribution in [0.4, 0.5) is 4.39 Å². The maximum Gasteiger partial charge on any atom is 0.285 e. The van der Waals surface area contributed by atoms with Crippen LogP contribution in [-0.2, 0) is 22.9 Å². The minimum absolute atomic E-state index is 0.0468. The Kier molecular flexibility index (Phi) is 3.71. The van der Waals surface area contributed by atoms with Crippen molar-refractivity contribution in [1.82, 2.24) is 14.5 Å². The number of para-hydroxylation sites is 1. The summed E-state index contributed by atoms with van der Waals surface area (Å²) in [6.07, 6.45) is 3.01. The first-order valence-electron chi connectivity index (χ1n) is 7.16. The summed E-state index contributed by atoms with van der Waals surface area (Å²) in [7, 11) is -3.68. The number of aromatic nitrogens is 2. The van der Waals surface area contributed by atoms with Gasteiger partial charge in [0.05, 0.1) is 6.26 Å². The number of halogens is 1. The van der Waals surface area contributed by atoms with Crippen molar-refractivity contribution in [3.05, 3.63) is 46.5 Å². The second-order valence-corrected chi connectivity index (χ2v) is 7.40. The summed E-state index contributed by atoms with van der Waals surface area (Å²) in [6, 6.07) is 4.70. The van der Waals surface area contributed by atoms with E-state index >= 15 is 0 Å². The molecule has 0 saturated heterocycles. The van der Waals surface area contributed by atoms with Crippen molar-refractivity contribution in [3.8, 4) is 5.69 Å². The number of aryl methyl sites for hydroxylation is 1. The van der Waals surface area contributed by atoms with Crippen LogP contribution in [0.15, 0.2) is 18.2 Å². The van der Waals surface area contributed by atoms with Crippen LogP contribution in [0.5, 0.6) is 0 Å². The Bertz CT molecular complexity index is 883. The number of nitrogens with zero attached hydrogens (tertiary/aromatic N) is 2. The molecule has 6 nitrogen and oxygen atoms in total. The maximum absolute atomic E-state index is 14.2. The van der Waals surface area contributed by atoms with Gasteiger partial charge in [-0.3, -0.25) is 4.79 Å². The third kappa shape index (κ3) is 2.86. The molecule has 1 N–H and O–H groups in total. The molecule has 1 aromatic heterocycles. The van der Waals surface area contributed by atoms with Crippen LogP contribution in [0.2, 0.25) is 0 Å². The van der Waals surface area contributed by atoms with Crippen molar-refractivity contribution in [2.75, 3.05) is 6.26 Å². The predicted octanol–water partition coefficient (Wildman–Crippen LogP) is 1.50.